The minimum Gasteiger partial charge on any atom is -0.376 e. The molecule has 1 saturated heterocycles. The van der Waals surface area contributed by atoms with Crippen LogP contribution >= 0.6 is 0 Å². The first-order valence-electron chi connectivity index (χ1n) is 7.57. The summed E-state index contributed by atoms with van der Waals surface area (Å²) in [6.45, 7) is -0.101. The van der Waals surface area contributed by atoms with E-state index in [4.69, 9.17) is 19.4 Å². The number of nitrogens with two attached hydrogens (primary N) is 1. The highest BCUT2D eigenvalue weighted by Crippen LogP contribution is 2.25. The van der Waals surface area contributed by atoms with Crippen molar-refractivity contribution in [1.29, 1.82) is 0 Å². The van der Waals surface area contributed by atoms with E-state index in [2.05, 4.69) is 5.32 Å². The number of nitrogens with one attached hydrogen (secondary N) is 1. The van der Waals surface area contributed by atoms with Gasteiger partial charge in [0.05, 0.1) is 6.26 Å². The Labute approximate surface area is 146 Å². The van der Waals surface area contributed by atoms with Gasteiger partial charge in [0.25, 0.3) is 16.0 Å². The quantitative estimate of drug-likeness (QED) is 0.529. The smallest absolute Gasteiger partial charge is 0.264 e. The molecule has 10 heteroatoms. The Kier molecular flexibility index (Phi) is 6.49. The highest BCUT2D eigenvalue weighted by atomic mass is 32.2. The highest BCUT2D eigenvalue weighted by Gasteiger charge is 2.48. The largest absolute Gasteiger partial charge is 0.376 e. The molecule has 0 radical (unpaired) electrons. The number of rotatable bonds is 6. The molecule has 5 atom stereocenters. The third-order valence-corrected chi connectivity index (χ3v) is 4.36. The van der Waals surface area contributed by atoms with Crippen molar-refractivity contribution >= 4 is 16.0 Å². The summed E-state index contributed by atoms with van der Waals surface area (Å²) in [5, 5.41) is 12.8. The van der Waals surface area contributed by atoms with E-state index in [9.17, 15) is 18.3 Å². The monoisotopic (exact) mass is 374 g/mol. The summed E-state index contributed by atoms with van der Waals surface area (Å²) in [5.41, 5.74) is 5.94. The maximum atomic E-state index is 12.3. The van der Waals surface area contributed by atoms with Crippen LogP contribution in [0.4, 0.5) is 0 Å². The first kappa shape index (κ1) is 19.8. The van der Waals surface area contributed by atoms with Gasteiger partial charge in [-0.1, -0.05) is 18.2 Å². The number of carbonyl (C=O) groups is 1. The van der Waals surface area contributed by atoms with Crippen molar-refractivity contribution in [1.82, 2.24) is 5.32 Å². The minimum atomic E-state index is -3.84. The average molecular weight is 374 g/mol. The van der Waals surface area contributed by atoms with E-state index in [1.165, 1.54) is 7.11 Å². The van der Waals surface area contributed by atoms with Crippen LogP contribution in [-0.2, 0) is 23.8 Å². The molecule has 0 bridgehead atoms. The van der Waals surface area contributed by atoms with Gasteiger partial charge >= 0.3 is 0 Å². The number of ether oxygens (including phenoxy) is 2. The fraction of sp³-hybridized carbons (Fsp3) is 0.533. The van der Waals surface area contributed by atoms with Gasteiger partial charge in [-0.2, -0.15) is 8.42 Å². The molecule has 0 saturated carbocycles. The molecule has 1 amide bonds. The molecule has 9 nitrogen and oxygen atoms in total. The summed E-state index contributed by atoms with van der Waals surface area (Å²) < 4.78 is 38.7. The van der Waals surface area contributed by atoms with E-state index in [0.29, 0.717) is 5.56 Å². The predicted molar refractivity (Wildman–Crippen MR) is 88.1 cm³/mol. The van der Waals surface area contributed by atoms with Crippen LogP contribution in [0.2, 0.25) is 0 Å². The van der Waals surface area contributed by atoms with Gasteiger partial charge in [-0.25, -0.2) is 0 Å². The zero-order chi connectivity index (χ0) is 18.6. The molecule has 0 aromatic heterocycles. The first-order valence-corrected chi connectivity index (χ1v) is 9.39. The highest BCUT2D eigenvalue weighted by molar-refractivity contribution is 7.86. The zero-order valence-electron chi connectivity index (χ0n) is 13.9. The third-order valence-electron chi connectivity index (χ3n) is 3.79. The lowest BCUT2D eigenvalue weighted by Crippen LogP contribution is -2.66. The molecule has 1 fully saturated rings. The summed E-state index contributed by atoms with van der Waals surface area (Å²) in [6, 6.07) is 7.29. The third kappa shape index (κ3) is 4.97. The second-order valence-electron chi connectivity index (χ2n) is 5.63. The van der Waals surface area contributed by atoms with E-state index in [0.717, 1.165) is 6.26 Å². The SMILES string of the molecule is CO[C@@H]1[C@H](NC(=O)c2ccccc2)[C@H](O)O[C@H](CN)[C@H]1OS(C)(=O)=O. The Balaban J connectivity index is 2.24. The van der Waals surface area contributed by atoms with Crippen molar-refractivity contribution in [3.63, 3.8) is 0 Å². The number of carbonyl (C=O) groups excluding carboxylic acids is 1. The zero-order valence-corrected chi connectivity index (χ0v) is 14.7. The van der Waals surface area contributed by atoms with E-state index >= 15 is 0 Å². The molecule has 0 spiro atoms. The number of aliphatic hydroxyl groups excluding tert-OH is 1. The Morgan fingerprint density at radius 1 is 1.32 bits per heavy atom. The van der Waals surface area contributed by atoms with Gasteiger partial charge in [0.15, 0.2) is 6.29 Å². The summed E-state index contributed by atoms with van der Waals surface area (Å²) in [7, 11) is -2.53. The second-order valence-corrected chi connectivity index (χ2v) is 7.23. The molecule has 2 rings (SSSR count). The van der Waals surface area contributed by atoms with Gasteiger partial charge in [-0.15, -0.1) is 0 Å². The van der Waals surface area contributed by atoms with Crippen LogP contribution < -0.4 is 11.1 Å². The fourth-order valence-corrected chi connectivity index (χ4v) is 3.32. The van der Waals surface area contributed by atoms with Crippen molar-refractivity contribution in [2.75, 3.05) is 19.9 Å². The first-order chi connectivity index (χ1) is 11.8. The van der Waals surface area contributed by atoms with Gasteiger partial charge in [-0.05, 0) is 12.1 Å². The Morgan fingerprint density at radius 2 is 1.96 bits per heavy atom. The maximum absolute atomic E-state index is 12.3. The molecule has 140 valence electrons. The Hall–Kier alpha value is -1.56. The van der Waals surface area contributed by atoms with Crippen molar-refractivity contribution in [3.8, 4) is 0 Å². The lowest BCUT2D eigenvalue weighted by Gasteiger charge is -2.43. The topological polar surface area (TPSA) is 137 Å². The van der Waals surface area contributed by atoms with Crippen LogP contribution in [-0.4, -0.2) is 70.0 Å². The summed E-state index contributed by atoms with van der Waals surface area (Å²) >= 11 is 0. The molecule has 1 aliphatic heterocycles. The van der Waals surface area contributed by atoms with Gasteiger partial charge in [0.2, 0.25) is 0 Å². The number of aliphatic hydroxyl groups is 1. The van der Waals surface area contributed by atoms with E-state index in [-0.39, 0.29) is 6.54 Å². The predicted octanol–water partition coefficient (Wildman–Crippen LogP) is -1.18. The molecule has 0 aliphatic carbocycles. The number of methoxy groups -OCH3 is 1. The Bertz CT molecular complexity index is 682. The van der Waals surface area contributed by atoms with Crippen LogP contribution in [0.25, 0.3) is 0 Å². The lowest BCUT2D eigenvalue weighted by molar-refractivity contribution is -0.241. The summed E-state index contributed by atoms with van der Waals surface area (Å²) in [5.74, 6) is -0.473. The number of amides is 1. The molecule has 1 aromatic carbocycles. The molecule has 1 aromatic rings. The molecule has 1 heterocycles. The van der Waals surface area contributed by atoms with Crippen LogP contribution in [0, 0.1) is 0 Å². The van der Waals surface area contributed by atoms with E-state index in [1.807, 2.05) is 0 Å². The van der Waals surface area contributed by atoms with Crippen LogP contribution in [0.3, 0.4) is 0 Å². The van der Waals surface area contributed by atoms with Crippen LogP contribution in [0.15, 0.2) is 30.3 Å². The number of benzene rings is 1. The van der Waals surface area contributed by atoms with Crippen molar-refractivity contribution in [3.05, 3.63) is 35.9 Å². The van der Waals surface area contributed by atoms with E-state index < -0.39 is 46.7 Å². The van der Waals surface area contributed by atoms with Crippen molar-refractivity contribution in [2.45, 2.75) is 30.6 Å². The van der Waals surface area contributed by atoms with Gasteiger partial charge < -0.3 is 25.6 Å². The molecular formula is C15H22N2O7S. The number of hydrogen-bond acceptors (Lipinski definition) is 8. The molecule has 1 aliphatic rings. The molecule has 25 heavy (non-hydrogen) atoms. The minimum absolute atomic E-state index is 0.101. The van der Waals surface area contributed by atoms with Gasteiger partial charge in [0.1, 0.15) is 24.4 Å². The summed E-state index contributed by atoms with van der Waals surface area (Å²) in [6.07, 6.45) is -3.57. The van der Waals surface area contributed by atoms with E-state index in [1.54, 1.807) is 30.3 Å². The van der Waals surface area contributed by atoms with Gasteiger partial charge in [0, 0.05) is 19.2 Å². The molecule has 0 unspecified atom stereocenters. The second kappa shape index (κ2) is 8.21. The normalized spacial score (nSPS) is 30.0. The summed E-state index contributed by atoms with van der Waals surface area (Å²) in [4.78, 5) is 12.3. The Morgan fingerprint density at radius 3 is 2.48 bits per heavy atom. The molecular weight excluding hydrogens is 352 g/mol. The van der Waals surface area contributed by atoms with Crippen LogP contribution in [0.5, 0.6) is 0 Å². The average Bonchev–Trinajstić information content (AvgIpc) is 2.57. The molecule has 4 N–H and O–H groups in total. The maximum Gasteiger partial charge on any atom is 0.264 e. The number of hydrogen-bond donors (Lipinski definition) is 3. The lowest BCUT2D eigenvalue weighted by atomic mass is 9.96. The standard InChI is InChI=1S/C15H22N2O7S/c1-22-13-11(17-14(18)9-6-4-3-5-7-9)15(19)23-10(8-16)12(13)24-25(2,20)21/h3-7,10-13,15,19H,8,16H2,1-2H3,(H,17,18)/t10-,11+,12-,13-,15-/m1/s1. The van der Waals surface area contributed by atoms with Crippen LogP contribution in [0.1, 0.15) is 10.4 Å². The van der Waals surface area contributed by atoms with Gasteiger partial charge in [-0.3, -0.25) is 8.98 Å². The fourth-order valence-electron chi connectivity index (χ4n) is 2.69. The van der Waals surface area contributed by atoms with Crippen molar-refractivity contribution < 1.29 is 32.0 Å². The van der Waals surface area contributed by atoms with Crippen molar-refractivity contribution in [2.24, 2.45) is 5.73 Å².